The number of benzene rings is 2. The highest BCUT2D eigenvalue weighted by atomic mass is 33.1. The molecule has 5 rings (SSSR count). The van der Waals surface area contributed by atoms with Crippen molar-refractivity contribution in [3.8, 4) is 17.2 Å². The lowest BCUT2D eigenvalue weighted by Gasteiger charge is -2.30. The molecule has 2 aliphatic carbocycles. The van der Waals surface area contributed by atoms with Gasteiger partial charge in [-0.3, -0.25) is 14.4 Å². The van der Waals surface area contributed by atoms with Crippen LogP contribution in [-0.4, -0.2) is 63.0 Å². The quantitative estimate of drug-likeness (QED) is 0.0742. The monoisotopic (exact) mass is 593 g/mol. The molecule has 1 amide bonds. The number of nitrogens with one attached hydrogen (secondary N) is 1. The number of amides is 1. The number of aliphatic hydroxyl groups is 1. The summed E-state index contributed by atoms with van der Waals surface area (Å²) in [5.74, 6) is -1.82. The molecule has 2 aromatic carbocycles. The molecule has 41 heavy (non-hydrogen) atoms. The van der Waals surface area contributed by atoms with Crippen LogP contribution in [0.5, 0.6) is 17.2 Å². The third-order valence-electron chi connectivity index (χ3n) is 7.18. The van der Waals surface area contributed by atoms with E-state index >= 15 is 0 Å². The number of ether oxygens (including phenoxy) is 1. The Labute approximate surface area is 243 Å². The van der Waals surface area contributed by atoms with Gasteiger partial charge >= 0.3 is 0 Å². The molecule has 1 heterocycles. The molecule has 0 saturated carbocycles. The number of hydrogen-bond acceptors (Lipinski definition) is 11. The number of rotatable bonds is 9. The third-order valence-corrected chi connectivity index (χ3v) is 9.44. The van der Waals surface area contributed by atoms with Gasteiger partial charge in [0.1, 0.15) is 22.3 Å². The topological polar surface area (TPSA) is 158 Å². The predicted octanol–water partition coefficient (Wildman–Crippen LogP) is 3.68. The first-order valence-corrected chi connectivity index (χ1v) is 15.2. The summed E-state index contributed by atoms with van der Waals surface area (Å²) in [6, 6.07) is 10.2. The van der Waals surface area contributed by atoms with Crippen LogP contribution < -0.4 is 10.2 Å². The number of aromatic nitrogens is 1. The van der Waals surface area contributed by atoms with Gasteiger partial charge in [0.25, 0.3) is 0 Å². The Hall–Kier alpha value is -3.87. The van der Waals surface area contributed by atoms with E-state index in [0.717, 1.165) is 5.03 Å². The van der Waals surface area contributed by atoms with Gasteiger partial charge in [-0.1, -0.05) is 29.0 Å². The van der Waals surface area contributed by atoms with Crippen LogP contribution in [0.1, 0.15) is 55.8 Å². The predicted molar refractivity (Wildman–Crippen MR) is 155 cm³/mol. The first-order chi connectivity index (χ1) is 19.8. The number of hydrogen-bond donors (Lipinski definition) is 4. The minimum atomic E-state index is -0.596. The maximum atomic E-state index is 13.4. The molecule has 3 aromatic rings. The van der Waals surface area contributed by atoms with Crippen LogP contribution in [0, 0.1) is 5.92 Å². The highest BCUT2D eigenvalue weighted by Crippen LogP contribution is 2.47. The number of carbonyl (C=O) groups is 3. The van der Waals surface area contributed by atoms with E-state index in [-0.39, 0.29) is 70.6 Å². The third kappa shape index (κ3) is 5.54. The molecule has 212 valence electrons. The van der Waals surface area contributed by atoms with Gasteiger partial charge in [-0.2, -0.15) is 5.10 Å². The van der Waals surface area contributed by atoms with Crippen molar-refractivity contribution in [3.63, 3.8) is 0 Å². The van der Waals surface area contributed by atoms with Crippen molar-refractivity contribution in [1.29, 1.82) is 0 Å². The largest absolute Gasteiger partial charge is 0.507 e. The Morgan fingerprint density at radius 1 is 1.07 bits per heavy atom. The van der Waals surface area contributed by atoms with E-state index in [4.69, 9.17) is 4.74 Å². The number of phenols is 2. The van der Waals surface area contributed by atoms with E-state index in [1.165, 1.54) is 34.8 Å². The number of aliphatic hydroxyl groups excluding tert-OH is 1. The van der Waals surface area contributed by atoms with Crippen LogP contribution >= 0.6 is 21.6 Å². The van der Waals surface area contributed by atoms with E-state index in [2.05, 4.69) is 15.5 Å². The standard InChI is InChI=1S/C29H27N3O7S2/c1-39-20-6-4-5-17-23(20)29(38)25-24(27(17)36)28(37)18-13-15(8-9-16(18)26(25)35)19(14-33)31-32-21(34)10-12-40-41-22-7-2-3-11-30-22/h2-7,11,15,33,35,37H,8-10,12-14H2,1H3,(H,32,34)/b31-19+. The number of carbonyl (C=O) groups excluding carboxylic acids is 3. The lowest BCUT2D eigenvalue weighted by molar-refractivity contribution is -0.120. The van der Waals surface area contributed by atoms with Gasteiger partial charge in [-0.05, 0) is 48.3 Å². The number of ketones is 2. The second kappa shape index (κ2) is 12.3. The Balaban J connectivity index is 1.32. The summed E-state index contributed by atoms with van der Waals surface area (Å²) in [4.78, 5) is 43.4. The molecule has 0 radical (unpaired) electrons. The number of methoxy groups -OCH3 is 1. The molecule has 2 aliphatic rings. The minimum absolute atomic E-state index is 0.0509. The summed E-state index contributed by atoms with van der Waals surface area (Å²) in [5.41, 5.74) is 3.16. The lowest BCUT2D eigenvalue weighted by atomic mass is 9.74. The molecule has 12 heteroatoms. The van der Waals surface area contributed by atoms with Crippen molar-refractivity contribution in [3.05, 3.63) is 76.0 Å². The average molecular weight is 594 g/mol. The summed E-state index contributed by atoms with van der Waals surface area (Å²) in [5, 5.41) is 37.4. The maximum absolute atomic E-state index is 13.4. The van der Waals surface area contributed by atoms with Crippen molar-refractivity contribution in [2.75, 3.05) is 19.5 Å². The van der Waals surface area contributed by atoms with E-state index < -0.39 is 18.2 Å². The van der Waals surface area contributed by atoms with Gasteiger partial charge in [0, 0.05) is 41.0 Å². The zero-order valence-corrected chi connectivity index (χ0v) is 23.7. The zero-order valence-electron chi connectivity index (χ0n) is 22.0. The smallest absolute Gasteiger partial charge is 0.240 e. The number of phenolic OH excluding ortho intramolecular Hbond substituents is 2. The molecule has 4 N–H and O–H groups in total. The van der Waals surface area contributed by atoms with Crippen LogP contribution in [0.4, 0.5) is 0 Å². The maximum Gasteiger partial charge on any atom is 0.240 e. The van der Waals surface area contributed by atoms with Crippen molar-refractivity contribution >= 4 is 44.8 Å². The number of nitrogens with zero attached hydrogens (tertiary/aromatic N) is 2. The summed E-state index contributed by atoms with van der Waals surface area (Å²) >= 11 is 0. The number of fused-ring (bicyclic) bond motifs is 3. The summed E-state index contributed by atoms with van der Waals surface area (Å²) in [6.07, 6.45) is 2.77. The Kier molecular flexibility index (Phi) is 8.62. The second-order valence-electron chi connectivity index (χ2n) is 9.50. The van der Waals surface area contributed by atoms with Crippen LogP contribution in [-0.2, 0) is 17.6 Å². The normalized spacial score (nSPS) is 16.0. The molecule has 1 aromatic heterocycles. The van der Waals surface area contributed by atoms with Crippen LogP contribution in [0.25, 0.3) is 0 Å². The number of hydrazone groups is 1. The van der Waals surface area contributed by atoms with Crippen LogP contribution in [0.3, 0.4) is 0 Å². The molecular weight excluding hydrogens is 566 g/mol. The number of aromatic hydroxyl groups is 2. The molecule has 10 nitrogen and oxygen atoms in total. The molecular formula is C29H27N3O7S2. The minimum Gasteiger partial charge on any atom is -0.507 e. The van der Waals surface area contributed by atoms with E-state index in [1.54, 1.807) is 18.3 Å². The first kappa shape index (κ1) is 28.7. The van der Waals surface area contributed by atoms with Crippen molar-refractivity contribution < 1.29 is 34.4 Å². The van der Waals surface area contributed by atoms with Crippen LogP contribution in [0.15, 0.2) is 52.7 Å². The fraction of sp³-hybridized carbons (Fsp3) is 0.276. The first-order valence-electron chi connectivity index (χ1n) is 12.9. The average Bonchev–Trinajstić information content (AvgIpc) is 3.00. The molecule has 0 bridgehead atoms. The fourth-order valence-corrected chi connectivity index (χ4v) is 7.04. The summed E-state index contributed by atoms with van der Waals surface area (Å²) in [7, 11) is 4.35. The fourth-order valence-electron chi connectivity index (χ4n) is 5.17. The summed E-state index contributed by atoms with van der Waals surface area (Å²) in [6.45, 7) is -0.424. The van der Waals surface area contributed by atoms with Gasteiger partial charge in [0.2, 0.25) is 11.7 Å². The molecule has 0 aliphatic heterocycles. The molecule has 1 atom stereocenters. The lowest BCUT2D eigenvalue weighted by Crippen LogP contribution is -2.30. The Morgan fingerprint density at radius 3 is 2.59 bits per heavy atom. The molecule has 0 spiro atoms. The van der Waals surface area contributed by atoms with Crippen molar-refractivity contribution in [1.82, 2.24) is 10.4 Å². The number of pyridine rings is 1. The van der Waals surface area contributed by atoms with E-state index in [1.807, 2.05) is 18.2 Å². The Morgan fingerprint density at radius 2 is 1.85 bits per heavy atom. The van der Waals surface area contributed by atoms with E-state index in [0.29, 0.717) is 29.0 Å². The van der Waals surface area contributed by atoms with Crippen molar-refractivity contribution in [2.45, 2.75) is 30.7 Å². The summed E-state index contributed by atoms with van der Waals surface area (Å²) < 4.78 is 5.28. The van der Waals surface area contributed by atoms with E-state index in [9.17, 15) is 29.7 Å². The second-order valence-corrected chi connectivity index (χ2v) is 11.9. The van der Waals surface area contributed by atoms with Gasteiger partial charge in [-0.25, -0.2) is 10.4 Å². The van der Waals surface area contributed by atoms with Gasteiger partial charge in [-0.15, -0.1) is 0 Å². The molecule has 0 saturated heterocycles. The van der Waals surface area contributed by atoms with Gasteiger partial charge < -0.3 is 20.1 Å². The highest BCUT2D eigenvalue weighted by molar-refractivity contribution is 8.76. The highest BCUT2D eigenvalue weighted by Gasteiger charge is 2.40. The Bertz CT molecular complexity index is 1560. The van der Waals surface area contributed by atoms with Crippen molar-refractivity contribution in [2.24, 2.45) is 11.0 Å². The van der Waals surface area contributed by atoms with Crippen LogP contribution in [0.2, 0.25) is 0 Å². The zero-order chi connectivity index (χ0) is 29.1. The molecule has 0 fully saturated rings. The van der Waals surface area contributed by atoms with Gasteiger partial charge in [0.15, 0.2) is 5.78 Å². The van der Waals surface area contributed by atoms with Gasteiger partial charge in [0.05, 0.1) is 36.1 Å². The molecule has 1 unspecified atom stereocenters. The SMILES string of the molecule is COc1cccc2c1C(=O)c1c(O)c3c(c(O)c1C2=O)CC(/C(CO)=N/NC(=O)CCSSc1ccccn1)CC3.